The highest BCUT2D eigenvalue weighted by Crippen LogP contribution is 2.59. The molecule has 1 saturated carbocycles. The molecule has 7 rings (SSSR count). The average Bonchev–Trinajstić information content (AvgIpc) is 3.62. The molecule has 0 radical (unpaired) electrons. The van der Waals surface area contributed by atoms with Crippen LogP contribution in [0.15, 0.2) is 71.3 Å². The second-order valence-corrected chi connectivity index (χ2v) is 23.2. The Hall–Kier alpha value is -4.66. The molecule has 1 aromatic heterocycles. The molecule has 60 heavy (non-hydrogen) atoms. The van der Waals surface area contributed by atoms with Gasteiger partial charge in [-0.1, -0.05) is 81.4 Å². The number of hydrogen-bond donors (Lipinski definition) is 2. The summed E-state index contributed by atoms with van der Waals surface area (Å²) in [6, 6.07) is 20.0. The summed E-state index contributed by atoms with van der Waals surface area (Å²) < 4.78 is 32.5. The summed E-state index contributed by atoms with van der Waals surface area (Å²) in [6.45, 7) is 13.4. The van der Waals surface area contributed by atoms with Crippen molar-refractivity contribution >= 4 is 25.7 Å². The number of hydrogen-bond acceptors (Lipinski definition) is 12. The molecule has 0 amide bonds. The fourth-order valence-corrected chi connectivity index (χ4v) is 10.5. The fourth-order valence-electron chi connectivity index (χ4n) is 9.01. The van der Waals surface area contributed by atoms with Gasteiger partial charge in [-0.2, -0.15) is 0 Å². The maximum absolute atomic E-state index is 16.0. The third-order valence-corrected chi connectivity index (χ3v) is 17.4. The van der Waals surface area contributed by atoms with Gasteiger partial charge in [-0.15, -0.1) is 0 Å². The molecule has 1 fully saturated rings. The molecule has 0 spiro atoms. The molecular weight excluding hydrogens is 781 g/mol. The molecule has 3 aliphatic rings. The molecule has 0 saturated heterocycles. The zero-order valence-corrected chi connectivity index (χ0v) is 37.1. The molecule has 1 unspecified atom stereocenters. The van der Waals surface area contributed by atoms with E-state index in [1.54, 1.807) is 6.07 Å². The van der Waals surface area contributed by atoms with E-state index in [1.165, 1.54) is 0 Å². The highest BCUT2D eigenvalue weighted by Gasteiger charge is 2.70. The maximum atomic E-state index is 16.0. The summed E-state index contributed by atoms with van der Waals surface area (Å²) in [7, 11) is 0.767. The predicted molar refractivity (Wildman–Crippen MR) is 227 cm³/mol. The van der Waals surface area contributed by atoms with Gasteiger partial charge in [0.05, 0.1) is 36.8 Å². The monoisotopic (exact) mass is 838 g/mol. The number of fused-ring (bicyclic) bond motifs is 4. The molecular formula is C47H58N2O10Si. The largest absolute Gasteiger partial charge is 0.490 e. The van der Waals surface area contributed by atoms with Crippen LogP contribution >= 0.6 is 0 Å². The van der Waals surface area contributed by atoms with Gasteiger partial charge in [0.1, 0.15) is 30.3 Å². The summed E-state index contributed by atoms with van der Waals surface area (Å²) in [4.78, 5) is 49.0. The lowest BCUT2D eigenvalue weighted by molar-refractivity contribution is -0.151. The van der Waals surface area contributed by atoms with Gasteiger partial charge in [0.2, 0.25) is 5.78 Å². The second-order valence-electron chi connectivity index (χ2n) is 18.5. The van der Waals surface area contributed by atoms with E-state index in [9.17, 15) is 10.2 Å². The van der Waals surface area contributed by atoms with Crippen molar-refractivity contribution in [3.05, 3.63) is 106 Å². The van der Waals surface area contributed by atoms with E-state index in [2.05, 4.69) is 25.9 Å². The highest BCUT2D eigenvalue weighted by molar-refractivity contribution is 6.74. The van der Waals surface area contributed by atoms with Crippen molar-refractivity contribution in [2.75, 3.05) is 27.3 Å². The lowest BCUT2D eigenvalue weighted by atomic mass is 9.54. The Morgan fingerprint density at radius 3 is 2.07 bits per heavy atom. The predicted octanol–water partition coefficient (Wildman–Crippen LogP) is 7.51. The molecule has 3 aliphatic carbocycles. The van der Waals surface area contributed by atoms with Gasteiger partial charge in [-0.05, 0) is 87.2 Å². The van der Waals surface area contributed by atoms with E-state index in [0.717, 1.165) is 11.1 Å². The van der Waals surface area contributed by atoms with Crippen LogP contribution in [0.1, 0.15) is 102 Å². The first-order valence-electron chi connectivity index (χ1n) is 20.9. The SMILES string of the molecule is CC(C)Oc1c(C(CO)CO)cc(OCc2ccccc2)c2c1C[C@H]1C[C@H]3[C@H](N(C)C)c4onc(OCc5ccccc5)c4C(=O)[C@@]3(O[Si](C)(C)C(C)(C)C)C(=O)C1C2=O. The summed E-state index contributed by atoms with van der Waals surface area (Å²) in [5.74, 6) is -4.15. The normalized spacial score (nSPS) is 22.7. The van der Waals surface area contributed by atoms with E-state index in [4.69, 9.17) is 23.2 Å². The number of ketones is 3. The first-order chi connectivity index (χ1) is 28.4. The number of ether oxygens (including phenoxy) is 3. The van der Waals surface area contributed by atoms with Crippen LogP contribution in [0, 0.1) is 17.8 Å². The summed E-state index contributed by atoms with van der Waals surface area (Å²) in [6.07, 6.45) is 0.153. The van der Waals surface area contributed by atoms with Gasteiger partial charge < -0.3 is 33.4 Å². The molecule has 12 nitrogen and oxygen atoms in total. The summed E-state index contributed by atoms with van der Waals surface area (Å²) in [5.41, 5.74) is 0.943. The van der Waals surface area contributed by atoms with Crippen molar-refractivity contribution in [3.8, 4) is 17.4 Å². The minimum absolute atomic E-state index is 0.0282. The molecule has 0 aliphatic heterocycles. The minimum Gasteiger partial charge on any atom is -0.490 e. The van der Waals surface area contributed by atoms with Crippen molar-refractivity contribution < 1.29 is 47.8 Å². The van der Waals surface area contributed by atoms with Gasteiger partial charge in [-0.25, -0.2) is 0 Å². The third kappa shape index (κ3) is 7.53. The number of rotatable bonds is 14. The second kappa shape index (κ2) is 16.7. The molecule has 3 aromatic carbocycles. The van der Waals surface area contributed by atoms with E-state index in [-0.39, 0.29) is 73.9 Å². The Bertz CT molecular complexity index is 2230. The Balaban J connectivity index is 1.42. The molecule has 13 heteroatoms. The number of carbonyl (C=O) groups is 3. The first-order valence-corrected chi connectivity index (χ1v) is 23.8. The van der Waals surface area contributed by atoms with Crippen LogP contribution in [0.3, 0.4) is 0 Å². The Morgan fingerprint density at radius 2 is 1.52 bits per heavy atom. The zero-order valence-electron chi connectivity index (χ0n) is 36.1. The zero-order chi connectivity index (χ0) is 43.3. The topological polar surface area (TPSA) is 158 Å². The van der Waals surface area contributed by atoms with E-state index < -0.39 is 66.0 Å². The standard InChI is InChI=1S/C47H58N2O10Si/c1-27(2)57-41-32(31(23-50)24-51)22-35(55-25-28-16-12-10-13-17-28)37-33(41)20-30-21-34-39(49(6)7)42-38(45(48-58-42)56-26-29-18-14-11-15-19-29)44(54)47(34,43(53)36(30)40(37)52)59-60(8,9)46(3,4)5/h10-19,22,27,30-31,34,36,39,50-51H,20-21,23-26H2,1-9H3/t30-,34-,36?,39-,47-/m0/s1. The van der Waals surface area contributed by atoms with Crippen LogP contribution in [0.5, 0.6) is 17.4 Å². The molecule has 5 atom stereocenters. The van der Waals surface area contributed by atoms with Crippen LogP contribution in [0.4, 0.5) is 0 Å². The van der Waals surface area contributed by atoms with Crippen molar-refractivity contribution in [1.82, 2.24) is 10.1 Å². The minimum atomic E-state index is -2.97. The van der Waals surface area contributed by atoms with Gasteiger partial charge in [-0.3, -0.25) is 19.3 Å². The molecule has 2 N–H and O–H groups in total. The summed E-state index contributed by atoms with van der Waals surface area (Å²) in [5, 5.41) is 24.8. The van der Waals surface area contributed by atoms with E-state index >= 15 is 14.4 Å². The molecule has 320 valence electrons. The van der Waals surface area contributed by atoms with Crippen LogP contribution in [-0.4, -0.2) is 85.0 Å². The lowest BCUT2D eigenvalue weighted by Gasteiger charge is -2.56. The molecule has 4 aromatic rings. The van der Waals surface area contributed by atoms with Crippen LogP contribution in [0.25, 0.3) is 0 Å². The van der Waals surface area contributed by atoms with Crippen molar-refractivity contribution in [1.29, 1.82) is 0 Å². The number of nitrogens with zero attached hydrogens (tertiary/aromatic N) is 2. The van der Waals surface area contributed by atoms with Crippen LogP contribution < -0.4 is 14.2 Å². The van der Waals surface area contributed by atoms with Gasteiger partial charge in [0, 0.05) is 23.0 Å². The number of aliphatic hydroxyl groups excluding tert-OH is 2. The van der Waals surface area contributed by atoms with Gasteiger partial charge in [0.15, 0.2) is 31.2 Å². The number of aliphatic hydroxyl groups is 2. The van der Waals surface area contributed by atoms with Crippen molar-refractivity contribution in [3.63, 3.8) is 0 Å². The number of benzene rings is 3. The van der Waals surface area contributed by atoms with Crippen molar-refractivity contribution in [2.45, 2.75) is 102 Å². The Labute approximate surface area is 353 Å². The van der Waals surface area contributed by atoms with Gasteiger partial charge in [0.25, 0.3) is 5.88 Å². The van der Waals surface area contributed by atoms with Crippen LogP contribution in [0.2, 0.25) is 18.1 Å². The van der Waals surface area contributed by atoms with Crippen LogP contribution in [-0.2, 0) is 28.9 Å². The lowest BCUT2D eigenvalue weighted by Crippen LogP contribution is -2.70. The highest BCUT2D eigenvalue weighted by atomic mass is 28.4. The van der Waals surface area contributed by atoms with Gasteiger partial charge >= 0.3 is 0 Å². The summed E-state index contributed by atoms with van der Waals surface area (Å²) >= 11 is 0. The third-order valence-electron chi connectivity index (χ3n) is 12.9. The Morgan fingerprint density at radius 1 is 0.917 bits per heavy atom. The Kier molecular flexibility index (Phi) is 12.1. The van der Waals surface area contributed by atoms with E-state index in [1.807, 2.05) is 107 Å². The number of carbonyl (C=O) groups excluding carboxylic acids is 3. The fraction of sp³-hybridized carbons (Fsp3) is 0.489. The smallest absolute Gasteiger partial charge is 0.265 e. The number of aromatic nitrogens is 1. The quantitative estimate of drug-likeness (QED) is 0.0953. The number of Topliss-reactive ketones (excluding diaryl/α,β-unsaturated/α-hetero) is 3. The van der Waals surface area contributed by atoms with E-state index in [0.29, 0.717) is 16.9 Å². The average molecular weight is 839 g/mol. The van der Waals surface area contributed by atoms with Crippen molar-refractivity contribution in [2.24, 2.45) is 17.8 Å². The molecule has 1 heterocycles. The molecule has 0 bridgehead atoms. The first kappa shape index (κ1) is 43.4. The maximum Gasteiger partial charge on any atom is 0.265 e.